The fourth-order valence-electron chi connectivity index (χ4n) is 15.8. The van der Waals surface area contributed by atoms with E-state index in [1.54, 1.807) is 7.11 Å². The molecule has 0 N–H and O–H groups in total. The van der Waals surface area contributed by atoms with Crippen molar-refractivity contribution in [3.8, 4) is 0 Å². The molecule has 0 aliphatic carbocycles. The molecule has 5 aromatic carbocycles. The minimum atomic E-state index is -3.57. The summed E-state index contributed by atoms with van der Waals surface area (Å²) in [6.07, 6.45) is -8.49. The molecule has 0 radical (unpaired) electrons. The minimum Gasteiger partial charge on any atom is -0.463 e. The van der Waals surface area contributed by atoms with Gasteiger partial charge in [-0.05, 0) is 72.1 Å². The van der Waals surface area contributed by atoms with E-state index in [1.807, 2.05) is 152 Å². The Morgan fingerprint density at radius 2 is 0.728 bits per heavy atom. The molecule has 5 aromatic rings. The number of hydrogen-bond acceptors (Lipinski definition) is 19. The van der Waals surface area contributed by atoms with Crippen LogP contribution in [0.3, 0.4) is 0 Å². The van der Waals surface area contributed by atoms with Gasteiger partial charge in [0, 0.05) is 14.0 Å². The van der Waals surface area contributed by atoms with Crippen molar-refractivity contribution in [1.82, 2.24) is 0 Å². The maximum absolute atomic E-state index is 13.1. The number of rotatable bonds is 33. The van der Waals surface area contributed by atoms with Crippen molar-refractivity contribution in [2.24, 2.45) is 0 Å². The first-order chi connectivity index (χ1) is 49.2. The number of benzene rings is 5. The Labute approximate surface area is 618 Å². The standard InChI is InChI=1S/C80H118O19Si4/c1-55(2)100(56(3)4)91-53-79(76(87-47-67-40-30-22-31-41-67)73(69(94-79)49-84-63(17)81)96-102(98-100,59(9)10)60(11)12)90-51-71-74-77(88-48-68-42-32-23-33-43-68)80(95-71,54-92-101(57(5)6,58(7)8)99-103(97-74,61(13)14)62(15)16)89-50-70-72(85-45-65-36-26-20-27-37-65)75(86-46-66-38-28-21-29-39-66)78(82-18,93-70)52-83-44-64-34-24-19-25-35-64/h19-43,55-62,69-77H,44-54H2,1-18H3/t69-,70-,71-,72-,73-,74-,75+,76+,77+,78-,79-,80-/m1/s1. The van der Waals surface area contributed by atoms with Crippen LogP contribution in [-0.2, 0) is 121 Å². The van der Waals surface area contributed by atoms with Crippen LogP contribution in [0.1, 0.15) is 146 Å². The fraction of sp³-hybridized carbons (Fsp3) is 0.613. The van der Waals surface area contributed by atoms with Crippen LogP contribution < -0.4 is 0 Å². The molecule has 568 valence electrons. The number of carbonyl (C=O) groups is 1. The normalized spacial score (nSPS) is 29.0. The summed E-state index contributed by atoms with van der Waals surface area (Å²) in [6, 6.07) is 50.1. The van der Waals surface area contributed by atoms with Gasteiger partial charge in [-0.1, -0.05) is 262 Å². The molecular weight excluding hydrogens is 1380 g/mol. The molecule has 5 heterocycles. The van der Waals surface area contributed by atoms with Gasteiger partial charge in [-0.3, -0.25) is 4.79 Å². The predicted molar refractivity (Wildman–Crippen MR) is 402 cm³/mol. The third-order valence-corrected chi connectivity index (χ3v) is 41.8. The highest BCUT2D eigenvalue weighted by atomic mass is 28.5. The number of fused-ring (bicyclic) bond motifs is 4. The summed E-state index contributed by atoms with van der Waals surface area (Å²) in [4.78, 5) is 13.1. The SMILES string of the molecule is CO[C@]1(COCc2ccccc2)O[C@H](CO[C@]23CO[Si](C(C)C)(C(C)C)O[Si](C(C)C)(C(C)C)O[C@H]([C@@H](CO[C@]45CO[Si](C(C)C)(C(C)C)O[Si](C(C)C)(C(C)C)O[C@H]([C@@H](COC(C)=O)O4)[C@@H]5OCc4ccccc4)O2)[C@@H]3OCc2ccccc2)[C@@H](OCc2ccccc2)[C@@H]1OCc1ccccc1. The van der Waals surface area contributed by atoms with E-state index in [0.717, 1.165) is 27.8 Å². The molecule has 23 heteroatoms. The monoisotopic (exact) mass is 1490 g/mol. The number of hydrogen-bond donors (Lipinski definition) is 0. The Bertz CT molecular complexity index is 3350. The Hall–Kier alpha value is -4.24. The van der Waals surface area contributed by atoms with Crippen LogP contribution in [0.5, 0.6) is 0 Å². The average Bonchev–Trinajstić information content (AvgIpc) is 1.60. The van der Waals surface area contributed by atoms with Gasteiger partial charge >= 0.3 is 40.2 Å². The lowest BCUT2D eigenvalue weighted by Crippen LogP contribution is -2.63. The van der Waals surface area contributed by atoms with E-state index in [-0.39, 0.29) is 117 Å². The molecule has 0 unspecified atom stereocenters. The van der Waals surface area contributed by atoms with E-state index >= 15 is 0 Å². The van der Waals surface area contributed by atoms with E-state index in [2.05, 4.69) is 111 Å². The highest BCUT2D eigenvalue weighted by Crippen LogP contribution is 2.54. The molecule has 0 aromatic heterocycles. The largest absolute Gasteiger partial charge is 0.463 e. The van der Waals surface area contributed by atoms with Crippen LogP contribution in [0, 0.1) is 0 Å². The summed E-state index contributed by atoms with van der Waals surface area (Å²) in [6.45, 7) is 36.4. The Balaban J connectivity index is 1.14. The highest BCUT2D eigenvalue weighted by molar-refractivity contribution is 6.84. The molecule has 103 heavy (non-hydrogen) atoms. The van der Waals surface area contributed by atoms with Crippen LogP contribution in [0.2, 0.25) is 44.3 Å². The molecule has 0 amide bonds. The van der Waals surface area contributed by atoms with Crippen molar-refractivity contribution < 1.29 is 87.6 Å². The molecule has 4 bridgehead atoms. The summed E-state index contributed by atoms with van der Waals surface area (Å²) in [5, 5.41) is 0. The zero-order valence-electron chi connectivity index (χ0n) is 64.3. The van der Waals surface area contributed by atoms with E-state index in [4.69, 9.17) is 82.8 Å². The maximum atomic E-state index is 13.1. The first kappa shape index (κ1) is 81.3. The molecule has 12 atom stereocenters. The molecule has 0 spiro atoms. The quantitative estimate of drug-likeness (QED) is 0.0285. The van der Waals surface area contributed by atoms with Gasteiger partial charge in [0.1, 0.15) is 68.1 Å². The second-order valence-electron chi connectivity index (χ2n) is 31.0. The number of methoxy groups -OCH3 is 1. The van der Waals surface area contributed by atoms with Gasteiger partial charge in [-0.25, -0.2) is 0 Å². The summed E-state index contributed by atoms with van der Waals surface area (Å²) >= 11 is 0. The van der Waals surface area contributed by atoms with E-state index in [0.29, 0.717) is 0 Å². The molecule has 5 saturated heterocycles. The highest BCUT2D eigenvalue weighted by Gasteiger charge is 2.70. The van der Waals surface area contributed by atoms with Crippen molar-refractivity contribution in [1.29, 1.82) is 0 Å². The smallest absolute Gasteiger partial charge is 0.335 e. The van der Waals surface area contributed by atoms with Gasteiger partial charge in [-0.2, -0.15) is 0 Å². The summed E-state index contributed by atoms with van der Waals surface area (Å²) in [7, 11) is -12.2. The second kappa shape index (κ2) is 35.4. The van der Waals surface area contributed by atoms with Crippen LogP contribution in [0.4, 0.5) is 0 Å². The summed E-state index contributed by atoms with van der Waals surface area (Å²) < 4.78 is 134. The Morgan fingerprint density at radius 1 is 0.408 bits per heavy atom. The van der Waals surface area contributed by atoms with Crippen LogP contribution in [0.25, 0.3) is 0 Å². The second-order valence-corrected chi connectivity index (χ2v) is 48.7. The van der Waals surface area contributed by atoms with Gasteiger partial charge < -0.3 is 82.8 Å². The zero-order valence-corrected chi connectivity index (χ0v) is 68.3. The summed E-state index contributed by atoms with van der Waals surface area (Å²) in [5.74, 6) is -5.60. The van der Waals surface area contributed by atoms with E-state index in [9.17, 15) is 4.79 Å². The van der Waals surface area contributed by atoms with Crippen LogP contribution >= 0.6 is 0 Å². The number of carbonyl (C=O) groups excluding carboxylic acids is 1. The van der Waals surface area contributed by atoms with Gasteiger partial charge in [0.05, 0.1) is 59.5 Å². The first-order valence-corrected chi connectivity index (χ1v) is 45.4. The van der Waals surface area contributed by atoms with Crippen LogP contribution in [-0.4, -0.2) is 159 Å². The topological polar surface area (TPSA) is 183 Å². The summed E-state index contributed by atoms with van der Waals surface area (Å²) in [5.41, 5.74) is 4.07. The van der Waals surface area contributed by atoms with Gasteiger partial charge in [0.15, 0.2) is 0 Å². The van der Waals surface area contributed by atoms with Gasteiger partial charge in [0.25, 0.3) is 0 Å². The number of esters is 1. The molecule has 10 rings (SSSR count). The zero-order chi connectivity index (χ0) is 74.0. The molecule has 0 saturated carbocycles. The third kappa shape index (κ3) is 17.9. The van der Waals surface area contributed by atoms with Crippen molar-refractivity contribution >= 4 is 40.2 Å². The van der Waals surface area contributed by atoms with Gasteiger partial charge in [-0.15, -0.1) is 0 Å². The molecular formula is C80H118O19Si4. The average molecular weight is 1500 g/mol. The Kier molecular flexibility index (Phi) is 27.9. The lowest BCUT2D eigenvalue weighted by molar-refractivity contribution is -0.318. The Morgan fingerprint density at radius 3 is 1.07 bits per heavy atom. The van der Waals surface area contributed by atoms with Crippen molar-refractivity contribution in [3.63, 3.8) is 0 Å². The van der Waals surface area contributed by atoms with Crippen molar-refractivity contribution in [2.75, 3.05) is 46.8 Å². The molecule has 19 nitrogen and oxygen atoms in total. The van der Waals surface area contributed by atoms with Crippen LogP contribution in [0.15, 0.2) is 152 Å². The molecule has 5 aliphatic heterocycles. The number of ether oxygens (including phenoxy) is 12. The lowest BCUT2D eigenvalue weighted by Gasteiger charge is -2.49. The maximum Gasteiger partial charge on any atom is 0.335 e. The van der Waals surface area contributed by atoms with E-state index < -0.39 is 113 Å². The third-order valence-electron chi connectivity index (χ3n) is 21.4. The molecule has 5 fully saturated rings. The lowest BCUT2D eigenvalue weighted by atomic mass is 10.0. The first-order valence-electron chi connectivity index (χ1n) is 37.5. The minimum absolute atomic E-state index is 0.0345. The van der Waals surface area contributed by atoms with Crippen molar-refractivity contribution in [2.45, 2.75) is 267 Å². The van der Waals surface area contributed by atoms with Crippen molar-refractivity contribution in [3.05, 3.63) is 179 Å². The molecule has 5 aliphatic rings. The van der Waals surface area contributed by atoms with Gasteiger partial charge in [0.2, 0.25) is 17.4 Å². The van der Waals surface area contributed by atoms with E-state index in [1.165, 1.54) is 6.92 Å². The predicted octanol–water partition coefficient (Wildman–Crippen LogP) is 16.0. The fourth-order valence-corrected chi connectivity index (χ4v) is 38.2.